The molecule has 0 radical (unpaired) electrons. The van der Waals surface area contributed by atoms with Crippen molar-refractivity contribution in [2.45, 2.75) is 49.4 Å². The number of carbonyl (C=O) groups is 2. The van der Waals surface area contributed by atoms with Crippen LogP contribution < -0.4 is 11.1 Å². The zero-order valence-corrected chi connectivity index (χ0v) is 15.6. The van der Waals surface area contributed by atoms with Crippen molar-refractivity contribution < 1.29 is 9.59 Å². The second kappa shape index (κ2) is 8.01. The predicted octanol–water partition coefficient (Wildman–Crippen LogP) is 2.82. The summed E-state index contributed by atoms with van der Waals surface area (Å²) < 4.78 is 0. The Balaban J connectivity index is 1.55. The van der Waals surface area contributed by atoms with Gasteiger partial charge in [-0.15, -0.1) is 16.4 Å². The van der Waals surface area contributed by atoms with Crippen LogP contribution in [0.5, 0.6) is 0 Å². The summed E-state index contributed by atoms with van der Waals surface area (Å²) in [4.78, 5) is 28.1. The normalized spacial score (nSPS) is 16.0. The molecule has 2 amide bonds. The van der Waals surface area contributed by atoms with Gasteiger partial charge in [0.15, 0.2) is 0 Å². The number of H-pyrrole nitrogens is 1. The molecule has 3 rings (SSSR count). The van der Waals surface area contributed by atoms with Crippen molar-refractivity contribution in [3.8, 4) is 0 Å². The Morgan fingerprint density at radius 1 is 1.48 bits per heavy atom. The number of amides is 2. The van der Waals surface area contributed by atoms with Crippen LogP contribution in [0.15, 0.2) is 16.6 Å². The summed E-state index contributed by atoms with van der Waals surface area (Å²) in [5.41, 5.74) is 5.62. The quantitative estimate of drug-likeness (QED) is 0.640. The molecule has 0 bridgehead atoms. The minimum atomic E-state index is -0.553. The van der Waals surface area contributed by atoms with Crippen LogP contribution >= 0.6 is 23.1 Å². The van der Waals surface area contributed by atoms with Crippen LogP contribution in [0.4, 0.5) is 5.00 Å². The molecule has 2 heterocycles. The van der Waals surface area contributed by atoms with E-state index in [0.29, 0.717) is 21.6 Å². The Morgan fingerprint density at radius 3 is 2.96 bits per heavy atom. The molecule has 1 saturated carbocycles. The van der Waals surface area contributed by atoms with Crippen molar-refractivity contribution in [2.24, 2.45) is 11.7 Å². The van der Waals surface area contributed by atoms with Crippen molar-refractivity contribution in [1.29, 1.82) is 0 Å². The largest absolute Gasteiger partial charge is 0.366 e. The molecule has 2 aromatic heterocycles. The Bertz CT molecular complexity index is 751. The molecule has 0 spiro atoms. The highest BCUT2D eigenvalue weighted by Crippen LogP contribution is 2.28. The summed E-state index contributed by atoms with van der Waals surface area (Å²) in [6.07, 6.45) is 6.03. The number of nitrogens with two attached hydrogens (primary N) is 1. The molecule has 0 unspecified atom stereocenters. The molecular formula is C16H21N5O2S2. The fraction of sp³-hybridized carbons (Fsp3) is 0.500. The molecule has 4 N–H and O–H groups in total. The Hall–Kier alpha value is -1.87. The minimum absolute atomic E-state index is 0.211. The molecular weight excluding hydrogens is 358 g/mol. The molecule has 7 nitrogen and oxygen atoms in total. The minimum Gasteiger partial charge on any atom is -0.366 e. The second-order valence-electron chi connectivity index (χ2n) is 6.20. The highest BCUT2D eigenvalue weighted by molar-refractivity contribution is 8.00. The molecule has 0 aromatic carbocycles. The molecule has 1 atom stereocenters. The lowest BCUT2D eigenvalue weighted by molar-refractivity contribution is -0.115. The average molecular weight is 380 g/mol. The van der Waals surface area contributed by atoms with Gasteiger partial charge in [0.25, 0.3) is 5.91 Å². The third-order valence-corrected chi connectivity index (χ3v) is 6.08. The lowest BCUT2D eigenvalue weighted by Gasteiger charge is -2.09. The van der Waals surface area contributed by atoms with E-state index in [0.717, 1.165) is 12.2 Å². The summed E-state index contributed by atoms with van der Waals surface area (Å²) in [6.45, 7) is 1.78. The van der Waals surface area contributed by atoms with Crippen molar-refractivity contribution in [1.82, 2.24) is 15.2 Å². The SMILES string of the molecule is C[C@@H](Sc1n[nH]c(CC2CCCC2)n1)C(=O)Nc1sccc1C(N)=O. The van der Waals surface area contributed by atoms with Gasteiger partial charge in [-0.1, -0.05) is 37.4 Å². The molecule has 134 valence electrons. The fourth-order valence-corrected chi connectivity index (χ4v) is 4.47. The monoisotopic (exact) mass is 379 g/mol. The number of aromatic nitrogens is 3. The molecule has 1 aliphatic carbocycles. The number of primary amides is 1. The molecule has 0 aliphatic heterocycles. The molecule has 0 saturated heterocycles. The van der Waals surface area contributed by atoms with Gasteiger partial charge in [-0.05, 0) is 24.3 Å². The van der Waals surface area contributed by atoms with Crippen molar-refractivity contribution in [2.75, 3.05) is 5.32 Å². The molecule has 25 heavy (non-hydrogen) atoms. The van der Waals surface area contributed by atoms with E-state index in [-0.39, 0.29) is 5.91 Å². The summed E-state index contributed by atoms with van der Waals surface area (Å²) >= 11 is 2.56. The zero-order valence-electron chi connectivity index (χ0n) is 13.9. The summed E-state index contributed by atoms with van der Waals surface area (Å²) in [7, 11) is 0. The molecule has 1 aliphatic rings. The number of nitrogens with zero attached hydrogens (tertiary/aromatic N) is 2. The molecule has 2 aromatic rings. The van der Waals surface area contributed by atoms with E-state index in [1.54, 1.807) is 18.4 Å². The van der Waals surface area contributed by atoms with Crippen molar-refractivity contribution in [3.05, 3.63) is 22.8 Å². The number of thioether (sulfide) groups is 1. The van der Waals surface area contributed by atoms with Gasteiger partial charge in [0, 0.05) is 6.42 Å². The van der Waals surface area contributed by atoms with Gasteiger partial charge in [-0.25, -0.2) is 4.98 Å². The van der Waals surface area contributed by atoms with Crippen LogP contribution in [-0.4, -0.2) is 32.2 Å². The predicted molar refractivity (Wildman–Crippen MR) is 98.8 cm³/mol. The van der Waals surface area contributed by atoms with Crippen LogP contribution in [0.1, 0.15) is 48.8 Å². The van der Waals surface area contributed by atoms with Crippen LogP contribution in [-0.2, 0) is 11.2 Å². The number of hydrogen-bond donors (Lipinski definition) is 3. The topological polar surface area (TPSA) is 114 Å². The van der Waals surface area contributed by atoms with E-state index in [1.807, 2.05) is 0 Å². The smallest absolute Gasteiger partial charge is 0.251 e. The van der Waals surface area contributed by atoms with Crippen LogP contribution in [0, 0.1) is 5.92 Å². The number of aromatic amines is 1. The van der Waals surface area contributed by atoms with Crippen molar-refractivity contribution >= 4 is 39.9 Å². The van der Waals surface area contributed by atoms with E-state index in [2.05, 4.69) is 20.5 Å². The Labute approximate surface area is 154 Å². The van der Waals surface area contributed by atoms with Crippen LogP contribution in [0.25, 0.3) is 0 Å². The lowest BCUT2D eigenvalue weighted by atomic mass is 10.0. The van der Waals surface area contributed by atoms with Crippen LogP contribution in [0.2, 0.25) is 0 Å². The van der Waals surface area contributed by atoms with Gasteiger partial charge < -0.3 is 11.1 Å². The number of thiophene rings is 1. The first-order chi connectivity index (χ1) is 12.0. The Kier molecular flexibility index (Phi) is 5.74. The third kappa shape index (κ3) is 4.60. The van der Waals surface area contributed by atoms with Crippen molar-refractivity contribution in [3.63, 3.8) is 0 Å². The van der Waals surface area contributed by atoms with Gasteiger partial charge in [0.05, 0.1) is 10.8 Å². The van der Waals surface area contributed by atoms with E-state index in [1.165, 1.54) is 48.8 Å². The fourth-order valence-electron chi connectivity index (χ4n) is 2.93. The first-order valence-corrected chi connectivity index (χ1v) is 10.0. The third-order valence-electron chi connectivity index (χ3n) is 4.29. The number of anilines is 1. The maximum atomic E-state index is 12.3. The lowest BCUT2D eigenvalue weighted by Crippen LogP contribution is -2.23. The molecule has 9 heteroatoms. The maximum absolute atomic E-state index is 12.3. The van der Waals surface area contributed by atoms with E-state index >= 15 is 0 Å². The van der Waals surface area contributed by atoms with E-state index < -0.39 is 11.2 Å². The summed E-state index contributed by atoms with van der Waals surface area (Å²) in [5.74, 6) is 0.813. The van der Waals surface area contributed by atoms with Crippen LogP contribution in [0.3, 0.4) is 0 Å². The van der Waals surface area contributed by atoms with Gasteiger partial charge in [0.2, 0.25) is 11.1 Å². The maximum Gasteiger partial charge on any atom is 0.251 e. The standard InChI is InChI=1S/C16H21N5O2S2/c1-9(14(23)19-15-11(13(17)22)6-7-24-15)25-16-18-12(20-21-16)8-10-4-2-3-5-10/h6-7,9-10H,2-5,8H2,1H3,(H2,17,22)(H,19,23)(H,18,20,21)/t9-/m1/s1. The number of rotatable bonds is 7. The Morgan fingerprint density at radius 2 is 2.24 bits per heavy atom. The summed E-state index contributed by atoms with van der Waals surface area (Å²) in [6, 6.07) is 1.60. The summed E-state index contributed by atoms with van der Waals surface area (Å²) in [5, 5.41) is 12.3. The van der Waals surface area contributed by atoms with E-state index in [4.69, 9.17) is 5.73 Å². The van der Waals surface area contributed by atoms with Gasteiger partial charge >= 0.3 is 0 Å². The highest BCUT2D eigenvalue weighted by Gasteiger charge is 2.21. The first kappa shape index (κ1) is 17.9. The average Bonchev–Trinajstić information content (AvgIpc) is 3.30. The van der Waals surface area contributed by atoms with E-state index in [9.17, 15) is 9.59 Å². The van der Waals surface area contributed by atoms with Gasteiger partial charge in [0.1, 0.15) is 10.8 Å². The first-order valence-electron chi connectivity index (χ1n) is 8.29. The zero-order chi connectivity index (χ0) is 17.8. The highest BCUT2D eigenvalue weighted by atomic mass is 32.2. The number of nitrogens with one attached hydrogen (secondary N) is 2. The van der Waals surface area contributed by atoms with Gasteiger partial charge in [-0.3, -0.25) is 14.7 Å². The molecule has 1 fully saturated rings. The van der Waals surface area contributed by atoms with Gasteiger partial charge in [-0.2, -0.15) is 0 Å². The second-order valence-corrected chi connectivity index (χ2v) is 8.42. The number of carbonyl (C=O) groups excluding carboxylic acids is 2. The number of hydrogen-bond acceptors (Lipinski definition) is 6.